The van der Waals surface area contributed by atoms with Gasteiger partial charge in [-0.05, 0) is 25.0 Å². The van der Waals surface area contributed by atoms with E-state index in [4.69, 9.17) is 11.6 Å². The Balaban J connectivity index is 2.11. The molecule has 0 saturated heterocycles. The highest BCUT2D eigenvalue weighted by Gasteiger charge is 2.18. The molecule has 0 heterocycles. The van der Waals surface area contributed by atoms with Gasteiger partial charge in [0.2, 0.25) is 0 Å². The molecule has 1 aliphatic carbocycles. The van der Waals surface area contributed by atoms with Crippen molar-refractivity contribution in [2.45, 2.75) is 43.0 Å². The molecule has 1 aliphatic rings. The first-order valence-corrected chi connectivity index (χ1v) is 8.84. The first-order valence-electron chi connectivity index (χ1n) is 6.82. The molecule has 1 saturated carbocycles. The van der Waals surface area contributed by atoms with Crippen LogP contribution < -0.4 is 4.72 Å². The molecule has 0 amide bonds. The quantitative estimate of drug-likeness (QED) is 0.528. The summed E-state index contributed by atoms with van der Waals surface area (Å²) in [6, 6.07) is 8.44. The maximum absolute atomic E-state index is 12.2. The number of sulfonamides is 1. The van der Waals surface area contributed by atoms with Gasteiger partial charge in [-0.1, -0.05) is 37.5 Å². The van der Waals surface area contributed by atoms with Gasteiger partial charge in [-0.25, -0.2) is 8.42 Å². The molecule has 2 rings (SSSR count). The van der Waals surface area contributed by atoms with Crippen LogP contribution in [-0.4, -0.2) is 26.2 Å². The van der Waals surface area contributed by atoms with Crippen LogP contribution in [0.2, 0.25) is 0 Å². The molecule has 0 radical (unpaired) electrons. The van der Waals surface area contributed by atoms with E-state index in [2.05, 4.69) is 9.71 Å². The van der Waals surface area contributed by atoms with Crippen LogP contribution in [0.15, 0.2) is 40.2 Å². The number of aliphatic imine (C=N–C) groups is 1. The van der Waals surface area contributed by atoms with Crippen molar-refractivity contribution < 1.29 is 8.42 Å². The minimum absolute atomic E-state index is 0.0720. The lowest BCUT2D eigenvalue weighted by molar-refractivity contribution is 0.443. The Kier molecular flexibility index (Phi) is 5.43. The third kappa shape index (κ3) is 4.21. The first kappa shape index (κ1) is 15.3. The summed E-state index contributed by atoms with van der Waals surface area (Å²) in [5, 5.41) is 0. The van der Waals surface area contributed by atoms with E-state index >= 15 is 0 Å². The molecule has 110 valence electrons. The van der Waals surface area contributed by atoms with E-state index in [9.17, 15) is 8.42 Å². The van der Waals surface area contributed by atoms with Gasteiger partial charge in [-0.15, -0.1) is 11.6 Å². The summed E-state index contributed by atoms with van der Waals surface area (Å²) in [4.78, 5) is 4.68. The van der Waals surface area contributed by atoms with Gasteiger partial charge in [-0.2, -0.15) is 0 Å². The second-order valence-corrected chi connectivity index (χ2v) is 6.87. The summed E-state index contributed by atoms with van der Waals surface area (Å²) in [6.45, 7) is 0. The van der Waals surface area contributed by atoms with E-state index in [0.29, 0.717) is 5.84 Å². The summed E-state index contributed by atoms with van der Waals surface area (Å²) in [5.41, 5.74) is 0. The Morgan fingerprint density at radius 2 is 1.85 bits per heavy atom. The number of hydrogen-bond acceptors (Lipinski definition) is 3. The predicted molar refractivity (Wildman–Crippen MR) is 81.8 cm³/mol. The number of nitrogens with one attached hydrogen (secondary N) is 1. The molecule has 20 heavy (non-hydrogen) atoms. The molecule has 0 atom stereocenters. The smallest absolute Gasteiger partial charge is 0.262 e. The molecule has 1 aromatic rings. The van der Waals surface area contributed by atoms with Gasteiger partial charge < -0.3 is 0 Å². The molecule has 0 aliphatic heterocycles. The topological polar surface area (TPSA) is 58.5 Å². The Hall–Kier alpha value is -1.07. The summed E-state index contributed by atoms with van der Waals surface area (Å²) in [5.74, 6) is 0.408. The summed E-state index contributed by atoms with van der Waals surface area (Å²) >= 11 is 5.82. The van der Waals surface area contributed by atoms with Gasteiger partial charge in [0.15, 0.2) is 0 Å². The van der Waals surface area contributed by atoms with Gasteiger partial charge >= 0.3 is 0 Å². The Labute approximate surface area is 125 Å². The van der Waals surface area contributed by atoms with E-state index in [0.717, 1.165) is 25.7 Å². The van der Waals surface area contributed by atoms with Crippen LogP contribution in [0.5, 0.6) is 0 Å². The zero-order valence-electron chi connectivity index (χ0n) is 11.3. The van der Waals surface area contributed by atoms with Crippen LogP contribution in [0, 0.1) is 0 Å². The van der Waals surface area contributed by atoms with Crippen molar-refractivity contribution in [3.05, 3.63) is 30.3 Å². The number of halogens is 1. The van der Waals surface area contributed by atoms with Gasteiger partial charge in [0.05, 0.1) is 16.8 Å². The average molecular weight is 315 g/mol. The fourth-order valence-corrected chi connectivity index (χ4v) is 3.62. The standard InChI is InChI=1S/C14H19ClN2O2S/c15-11-14(16-12-7-3-1-4-8-12)17-20(18,19)13-9-5-2-6-10-13/h2,5-6,9-10,12H,1,3-4,7-8,11H2,(H,16,17). The van der Waals surface area contributed by atoms with Crippen LogP contribution >= 0.6 is 11.6 Å². The lowest BCUT2D eigenvalue weighted by Crippen LogP contribution is -2.33. The van der Waals surface area contributed by atoms with E-state index in [-0.39, 0.29) is 16.8 Å². The molecule has 0 bridgehead atoms. The monoisotopic (exact) mass is 314 g/mol. The third-order valence-corrected chi connectivity index (χ3v) is 5.00. The van der Waals surface area contributed by atoms with Gasteiger partial charge in [0.25, 0.3) is 10.0 Å². The van der Waals surface area contributed by atoms with Crippen molar-refractivity contribution >= 4 is 27.5 Å². The van der Waals surface area contributed by atoms with Crippen molar-refractivity contribution in [2.75, 3.05) is 5.88 Å². The van der Waals surface area contributed by atoms with Crippen LogP contribution in [0.25, 0.3) is 0 Å². The van der Waals surface area contributed by atoms with Crippen molar-refractivity contribution in [3.63, 3.8) is 0 Å². The number of benzene rings is 1. The highest BCUT2D eigenvalue weighted by Crippen LogP contribution is 2.20. The zero-order valence-corrected chi connectivity index (χ0v) is 12.8. The van der Waals surface area contributed by atoms with Crippen molar-refractivity contribution in [2.24, 2.45) is 4.99 Å². The van der Waals surface area contributed by atoms with Gasteiger partial charge in [0.1, 0.15) is 5.84 Å². The van der Waals surface area contributed by atoms with E-state index in [1.54, 1.807) is 30.3 Å². The summed E-state index contributed by atoms with van der Waals surface area (Å²) in [7, 11) is -3.59. The highest BCUT2D eigenvalue weighted by atomic mass is 35.5. The molecule has 0 spiro atoms. The number of hydrogen-bond donors (Lipinski definition) is 1. The number of alkyl halides is 1. The minimum Gasteiger partial charge on any atom is -0.267 e. The lowest BCUT2D eigenvalue weighted by atomic mass is 9.96. The summed E-state index contributed by atoms with van der Waals surface area (Å²) in [6.07, 6.45) is 5.54. The molecule has 1 fully saturated rings. The van der Waals surface area contributed by atoms with E-state index in [1.807, 2.05) is 0 Å². The number of amidine groups is 1. The molecule has 0 unspecified atom stereocenters. The third-order valence-electron chi connectivity index (χ3n) is 3.35. The molecule has 6 heteroatoms. The highest BCUT2D eigenvalue weighted by molar-refractivity contribution is 7.90. The Morgan fingerprint density at radius 1 is 1.20 bits per heavy atom. The Bertz CT molecular complexity index is 552. The second kappa shape index (κ2) is 7.09. The van der Waals surface area contributed by atoms with Gasteiger partial charge in [-0.3, -0.25) is 9.71 Å². The normalized spacial score (nSPS) is 17.9. The largest absolute Gasteiger partial charge is 0.267 e. The van der Waals surface area contributed by atoms with E-state index in [1.165, 1.54) is 6.42 Å². The molecular weight excluding hydrogens is 296 g/mol. The van der Waals surface area contributed by atoms with Crippen LogP contribution in [0.4, 0.5) is 0 Å². The molecule has 1 aromatic carbocycles. The number of nitrogens with zero attached hydrogens (tertiary/aromatic N) is 1. The average Bonchev–Trinajstić information content (AvgIpc) is 2.48. The molecule has 0 aromatic heterocycles. The molecule has 1 N–H and O–H groups in total. The lowest BCUT2D eigenvalue weighted by Gasteiger charge is -2.19. The second-order valence-electron chi connectivity index (χ2n) is 4.92. The van der Waals surface area contributed by atoms with Crippen LogP contribution in [0.1, 0.15) is 32.1 Å². The molecular formula is C14H19ClN2O2S. The van der Waals surface area contributed by atoms with Crippen molar-refractivity contribution in [1.82, 2.24) is 4.72 Å². The Morgan fingerprint density at radius 3 is 2.45 bits per heavy atom. The summed E-state index contributed by atoms with van der Waals surface area (Å²) < 4.78 is 26.9. The van der Waals surface area contributed by atoms with Gasteiger partial charge in [0, 0.05) is 0 Å². The fraction of sp³-hybridized carbons (Fsp3) is 0.500. The van der Waals surface area contributed by atoms with E-state index < -0.39 is 10.0 Å². The SMILES string of the molecule is O=S(=O)(NC(CCl)=NC1CCCCC1)c1ccccc1. The van der Waals surface area contributed by atoms with Crippen molar-refractivity contribution in [3.8, 4) is 0 Å². The van der Waals surface area contributed by atoms with Crippen LogP contribution in [0.3, 0.4) is 0 Å². The maximum Gasteiger partial charge on any atom is 0.262 e. The van der Waals surface area contributed by atoms with Crippen molar-refractivity contribution in [1.29, 1.82) is 0 Å². The first-order chi connectivity index (χ1) is 9.62. The minimum atomic E-state index is -3.59. The molecule has 4 nitrogen and oxygen atoms in total. The predicted octanol–water partition coefficient (Wildman–Crippen LogP) is 2.93. The maximum atomic E-state index is 12.2. The zero-order chi connectivity index (χ0) is 14.4. The van der Waals surface area contributed by atoms with Crippen LogP contribution in [-0.2, 0) is 10.0 Å². The number of rotatable bonds is 4. The fourth-order valence-electron chi connectivity index (χ4n) is 2.33.